The molecule has 23 heavy (non-hydrogen) atoms. The van der Waals surface area contributed by atoms with Gasteiger partial charge in [0, 0.05) is 26.2 Å². The van der Waals surface area contributed by atoms with E-state index in [0.29, 0.717) is 18.8 Å². The quantitative estimate of drug-likeness (QED) is 0.865. The number of pyridine rings is 1. The molecule has 2 N–H and O–H groups in total. The number of methoxy groups -OCH3 is 1. The summed E-state index contributed by atoms with van der Waals surface area (Å²) in [5.74, 6) is 0.862. The largest absolute Gasteiger partial charge is 0.465 e. The predicted molar refractivity (Wildman–Crippen MR) is 84.7 cm³/mol. The molecule has 7 nitrogen and oxygen atoms in total. The summed E-state index contributed by atoms with van der Waals surface area (Å²) < 4.78 is 5.07. The van der Waals surface area contributed by atoms with Crippen molar-refractivity contribution in [2.45, 2.75) is 38.0 Å². The Labute approximate surface area is 135 Å². The summed E-state index contributed by atoms with van der Waals surface area (Å²) in [7, 11) is 1.55. The third-order valence-corrected chi connectivity index (χ3v) is 4.69. The molecule has 0 aromatic carbocycles. The Morgan fingerprint density at radius 3 is 2.87 bits per heavy atom. The molecule has 1 aromatic heterocycles. The van der Waals surface area contributed by atoms with E-state index in [1.807, 2.05) is 19.1 Å². The summed E-state index contributed by atoms with van der Waals surface area (Å²) in [5, 5.41) is 19.7. The van der Waals surface area contributed by atoms with Crippen LogP contribution in [0.5, 0.6) is 0 Å². The predicted octanol–water partition coefficient (Wildman–Crippen LogP) is 1.05. The van der Waals surface area contributed by atoms with Crippen LogP contribution < -0.4 is 4.90 Å². The molecule has 1 aromatic rings. The normalized spacial score (nSPS) is 25.7. The maximum atomic E-state index is 11.3. The molecule has 2 aliphatic heterocycles. The van der Waals surface area contributed by atoms with Gasteiger partial charge in [0.2, 0.25) is 0 Å². The lowest BCUT2D eigenvalue weighted by Crippen LogP contribution is -2.58. The monoisotopic (exact) mass is 321 g/mol. The number of aromatic nitrogens is 1. The Balaban J connectivity index is 1.91. The van der Waals surface area contributed by atoms with E-state index in [4.69, 9.17) is 4.74 Å². The van der Waals surface area contributed by atoms with Crippen LogP contribution in [-0.2, 0) is 16.8 Å². The van der Waals surface area contributed by atoms with Gasteiger partial charge in [-0.2, -0.15) is 0 Å². The second-order valence-electron chi connectivity index (χ2n) is 6.69. The molecule has 0 saturated carbocycles. The van der Waals surface area contributed by atoms with Gasteiger partial charge in [-0.15, -0.1) is 0 Å². The number of rotatable bonds is 3. The zero-order chi connectivity index (χ0) is 16.8. The van der Waals surface area contributed by atoms with E-state index in [-0.39, 0.29) is 18.7 Å². The summed E-state index contributed by atoms with van der Waals surface area (Å²) in [5.41, 5.74) is 0.534. The summed E-state index contributed by atoms with van der Waals surface area (Å²) in [4.78, 5) is 19.6. The van der Waals surface area contributed by atoms with Crippen LogP contribution in [-0.4, -0.2) is 65.1 Å². The van der Waals surface area contributed by atoms with Crippen molar-refractivity contribution in [3.63, 3.8) is 0 Å². The fourth-order valence-corrected chi connectivity index (χ4v) is 3.65. The number of carboxylic acid groups (broad SMARTS) is 1. The molecule has 3 atom stereocenters. The van der Waals surface area contributed by atoms with Crippen LogP contribution in [0.4, 0.5) is 10.6 Å². The van der Waals surface area contributed by atoms with E-state index in [1.165, 1.54) is 4.90 Å². The Morgan fingerprint density at radius 1 is 1.48 bits per heavy atom. The number of anilines is 1. The fourth-order valence-electron chi connectivity index (χ4n) is 3.65. The van der Waals surface area contributed by atoms with Gasteiger partial charge in [-0.1, -0.05) is 6.07 Å². The van der Waals surface area contributed by atoms with Gasteiger partial charge in [0.1, 0.15) is 11.4 Å². The number of hydrogen-bond acceptors (Lipinski definition) is 5. The van der Waals surface area contributed by atoms with E-state index in [0.717, 1.165) is 17.8 Å². The highest BCUT2D eigenvalue weighted by Gasteiger charge is 2.41. The first-order chi connectivity index (χ1) is 10.8. The van der Waals surface area contributed by atoms with Crippen molar-refractivity contribution in [3.8, 4) is 0 Å². The average Bonchev–Trinajstić information content (AvgIpc) is 2.84. The van der Waals surface area contributed by atoms with Gasteiger partial charge < -0.3 is 24.7 Å². The van der Waals surface area contributed by atoms with E-state index in [1.54, 1.807) is 14.0 Å². The minimum Gasteiger partial charge on any atom is -0.465 e. The van der Waals surface area contributed by atoms with Crippen molar-refractivity contribution in [2.24, 2.45) is 0 Å². The van der Waals surface area contributed by atoms with Gasteiger partial charge in [-0.3, -0.25) is 0 Å². The highest BCUT2D eigenvalue weighted by molar-refractivity contribution is 5.67. The van der Waals surface area contributed by atoms with Crippen molar-refractivity contribution < 1.29 is 19.7 Å². The van der Waals surface area contributed by atoms with Gasteiger partial charge in [-0.25, -0.2) is 9.78 Å². The Bertz CT molecular complexity index is 619. The summed E-state index contributed by atoms with van der Waals surface area (Å²) in [6.07, 6.45) is -0.0903. The van der Waals surface area contributed by atoms with Crippen LogP contribution >= 0.6 is 0 Å². The third-order valence-electron chi connectivity index (χ3n) is 4.69. The smallest absolute Gasteiger partial charge is 0.407 e. The van der Waals surface area contributed by atoms with Crippen LogP contribution in [0.2, 0.25) is 0 Å². The summed E-state index contributed by atoms with van der Waals surface area (Å²) in [6.45, 7) is 4.82. The molecule has 0 aliphatic carbocycles. The minimum absolute atomic E-state index is 0.0567. The van der Waals surface area contributed by atoms with E-state index in [9.17, 15) is 15.0 Å². The maximum Gasteiger partial charge on any atom is 0.407 e. The Hall–Kier alpha value is -1.86. The highest BCUT2D eigenvalue weighted by atomic mass is 16.5. The lowest BCUT2D eigenvalue weighted by molar-refractivity contribution is -0.0239. The molecule has 7 heteroatoms. The number of fused-ring (bicyclic) bond motifs is 3. The minimum atomic E-state index is -1.14. The molecular formula is C16H23N3O4. The second kappa shape index (κ2) is 5.65. The molecule has 1 unspecified atom stereocenters. The van der Waals surface area contributed by atoms with Crippen LogP contribution in [0.3, 0.4) is 0 Å². The SMILES string of the molecule is COCC(C)(O)c1ccc2c(n1)N1[C@H](C2)CN(C(=O)O)C[C@H]1C. The molecule has 0 bridgehead atoms. The number of nitrogens with zero attached hydrogens (tertiary/aromatic N) is 3. The van der Waals surface area contributed by atoms with Crippen molar-refractivity contribution in [2.75, 3.05) is 31.7 Å². The molecule has 3 heterocycles. The second-order valence-corrected chi connectivity index (χ2v) is 6.69. The van der Waals surface area contributed by atoms with Crippen LogP contribution in [0.25, 0.3) is 0 Å². The summed E-state index contributed by atoms with van der Waals surface area (Å²) in [6, 6.07) is 3.98. The molecular weight excluding hydrogens is 298 g/mol. The molecule has 1 fully saturated rings. The van der Waals surface area contributed by atoms with Crippen LogP contribution in [0.15, 0.2) is 12.1 Å². The fraction of sp³-hybridized carbons (Fsp3) is 0.625. The molecule has 0 spiro atoms. The van der Waals surface area contributed by atoms with Gasteiger partial charge >= 0.3 is 6.09 Å². The van der Waals surface area contributed by atoms with Crippen molar-refractivity contribution in [3.05, 3.63) is 23.4 Å². The first kappa shape index (κ1) is 16.0. The third kappa shape index (κ3) is 2.74. The average molecular weight is 321 g/mol. The van der Waals surface area contributed by atoms with Gasteiger partial charge in [-0.05, 0) is 31.9 Å². The first-order valence-electron chi connectivity index (χ1n) is 7.81. The van der Waals surface area contributed by atoms with E-state index in [2.05, 4.69) is 9.88 Å². The Kier molecular flexibility index (Phi) is 3.93. The molecule has 3 rings (SSSR count). The van der Waals surface area contributed by atoms with Crippen molar-refractivity contribution in [1.82, 2.24) is 9.88 Å². The standard InChI is InChI=1S/C16H23N3O4/c1-10-7-18(15(20)21)8-12-6-11-4-5-13(16(2,22)9-23-3)17-14(11)19(10)12/h4-5,10,12,22H,6-9H2,1-3H3,(H,20,21)/t10-,12-,16?/m1/s1. The van der Waals surface area contributed by atoms with Crippen molar-refractivity contribution >= 4 is 11.9 Å². The molecule has 126 valence electrons. The van der Waals surface area contributed by atoms with Gasteiger partial charge in [0.05, 0.1) is 18.3 Å². The first-order valence-corrected chi connectivity index (χ1v) is 7.81. The summed E-state index contributed by atoms with van der Waals surface area (Å²) >= 11 is 0. The number of carbonyl (C=O) groups is 1. The molecule has 1 amide bonds. The number of amides is 1. The van der Waals surface area contributed by atoms with E-state index >= 15 is 0 Å². The number of aliphatic hydroxyl groups is 1. The topological polar surface area (TPSA) is 86.1 Å². The number of ether oxygens (including phenoxy) is 1. The van der Waals surface area contributed by atoms with Crippen LogP contribution in [0.1, 0.15) is 25.1 Å². The lowest BCUT2D eigenvalue weighted by Gasteiger charge is -2.42. The van der Waals surface area contributed by atoms with Gasteiger partial charge in [0.15, 0.2) is 0 Å². The highest BCUT2D eigenvalue weighted by Crippen LogP contribution is 2.36. The van der Waals surface area contributed by atoms with Gasteiger partial charge in [0.25, 0.3) is 0 Å². The Morgan fingerprint density at radius 2 is 2.22 bits per heavy atom. The zero-order valence-electron chi connectivity index (χ0n) is 13.7. The van der Waals surface area contributed by atoms with Crippen molar-refractivity contribution in [1.29, 1.82) is 0 Å². The zero-order valence-corrected chi connectivity index (χ0v) is 13.7. The molecule has 0 radical (unpaired) electrons. The maximum absolute atomic E-state index is 11.3. The molecule has 1 saturated heterocycles. The van der Waals surface area contributed by atoms with Crippen LogP contribution in [0, 0.1) is 0 Å². The molecule has 2 aliphatic rings. The number of piperazine rings is 1. The van der Waals surface area contributed by atoms with E-state index < -0.39 is 11.7 Å². The number of hydrogen-bond donors (Lipinski definition) is 2. The lowest BCUT2D eigenvalue weighted by atomic mass is 10.0.